The molecule has 32 heavy (non-hydrogen) atoms. The highest BCUT2D eigenvalue weighted by molar-refractivity contribution is 6.34. The van der Waals surface area contributed by atoms with Crippen molar-refractivity contribution in [3.8, 4) is 0 Å². The normalized spacial score (nSPS) is 22.1. The summed E-state index contributed by atoms with van der Waals surface area (Å²) in [5.74, 6) is -0.447. The first-order valence-electron chi connectivity index (χ1n) is 11.4. The van der Waals surface area contributed by atoms with Gasteiger partial charge in [-0.25, -0.2) is 0 Å². The highest BCUT2D eigenvalue weighted by Crippen LogP contribution is 2.50. The van der Waals surface area contributed by atoms with Crippen LogP contribution in [0.3, 0.4) is 0 Å². The molecule has 1 aromatic heterocycles. The summed E-state index contributed by atoms with van der Waals surface area (Å²) >= 11 is 0. The van der Waals surface area contributed by atoms with Crippen molar-refractivity contribution in [2.24, 2.45) is 0 Å². The molecule has 0 aliphatic carbocycles. The molecule has 4 aliphatic rings. The van der Waals surface area contributed by atoms with Crippen molar-refractivity contribution in [1.29, 1.82) is 0 Å². The molecular weight excluding hydrogens is 400 g/mol. The number of rotatable bonds is 2. The molecule has 5 heterocycles. The van der Waals surface area contributed by atoms with Crippen LogP contribution in [0.25, 0.3) is 16.6 Å². The van der Waals surface area contributed by atoms with Crippen LogP contribution in [0.4, 0.5) is 5.69 Å². The average molecular weight is 425 g/mol. The SMILES string of the molecule is CN1C(=O)C2=C(C1=O)n1cc(CN3CCCC3)c3cccc(c31)C1Cc3ccccc3N21. The number of nitrogens with zero attached hydrogens (tertiary/aromatic N) is 4. The molecule has 0 saturated carbocycles. The van der Waals surface area contributed by atoms with Crippen LogP contribution in [0.2, 0.25) is 0 Å². The van der Waals surface area contributed by atoms with Gasteiger partial charge in [-0.2, -0.15) is 0 Å². The predicted molar refractivity (Wildman–Crippen MR) is 123 cm³/mol. The lowest BCUT2D eigenvalue weighted by Crippen LogP contribution is -2.33. The summed E-state index contributed by atoms with van der Waals surface area (Å²) in [4.78, 5) is 32.7. The molecule has 0 spiro atoms. The van der Waals surface area contributed by atoms with E-state index in [1.54, 1.807) is 7.05 Å². The van der Waals surface area contributed by atoms with Crippen molar-refractivity contribution >= 4 is 34.1 Å². The Morgan fingerprint density at radius 1 is 0.938 bits per heavy atom. The number of carbonyl (C=O) groups is 2. The largest absolute Gasteiger partial charge is 0.327 e. The number of amides is 2. The summed E-state index contributed by atoms with van der Waals surface area (Å²) in [6, 6.07) is 14.7. The van der Waals surface area contributed by atoms with E-state index in [0.717, 1.165) is 37.3 Å². The van der Waals surface area contributed by atoms with E-state index < -0.39 is 0 Å². The average Bonchev–Trinajstić information content (AvgIpc) is 3.56. The van der Waals surface area contributed by atoms with Crippen LogP contribution in [0.1, 0.15) is 35.6 Å². The third-order valence-corrected chi connectivity index (χ3v) is 7.59. The first-order chi connectivity index (χ1) is 15.6. The van der Waals surface area contributed by atoms with Gasteiger partial charge in [0.2, 0.25) is 0 Å². The highest BCUT2D eigenvalue weighted by Gasteiger charge is 2.48. The van der Waals surface area contributed by atoms with E-state index in [4.69, 9.17) is 0 Å². The Kier molecular flexibility index (Phi) is 3.60. The van der Waals surface area contributed by atoms with Crippen LogP contribution in [0.5, 0.6) is 0 Å². The predicted octanol–water partition coefficient (Wildman–Crippen LogP) is 3.52. The van der Waals surface area contributed by atoms with Crippen LogP contribution >= 0.6 is 0 Å². The Labute approximate surface area is 186 Å². The number of aromatic nitrogens is 1. The van der Waals surface area contributed by atoms with Gasteiger partial charge < -0.3 is 9.47 Å². The van der Waals surface area contributed by atoms with Crippen LogP contribution in [0, 0.1) is 0 Å². The Hall–Kier alpha value is -3.38. The lowest BCUT2D eigenvalue weighted by molar-refractivity contribution is -0.135. The summed E-state index contributed by atoms with van der Waals surface area (Å²) in [5, 5.41) is 1.19. The molecule has 3 aromatic rings. The lowest BCUT2D eigenvalue weighted by Gasteiger charge is -2.27. The zero-order valence-corrected chi connectivity index (χ0v) is 18.0. The summed E-state index contributed by atoms with van der Waals surface area (Å²) < 4.78 is 2.02. The van der Waals surface area contributed by atoms with Gasteiger partial charge in [0.1, 0.15) is 11.4 Å². The number of para-hydroxylation sites is 2. The van der Waals surface area contributed by atoms with Crippen molar-refractivity contribution in [1.82, 2.24) is 14.4 Å². The molecule has 4 aliphatic heterocycles. The molecule has 1 atom stereocenters. The number of hydrogen-bond acceptors (Lipinski definition) is 4. The number of carbonyl (C=O) groups excluding carboxylic acids is 2. The highest BCUT2D eigenvalue weighted by atomic mass is 16.2. The summed E-state index contributed by atoms with van der Waals surface area (Å²) in [5.41, 5.74) is 6.73. The van der Waals surface area contributed by atoms with Gasteiger partial charge >= 0.3 is 0 Å². The molecule has 1 saturated heterocycles. The van der Waals surface area contributed by atoms with Gasteiger partial charge in [0.15, 0.2) is 0 Å². The molecule has 0 N–H and O–H groups in total. The fourth-order valence-corrected chi connectivity index (χ4v) is 6.09. The standard InChI is InChI=1S/C26H24N4O2/c1-27-25(31)23-24(26(27)32)30-20-10-3-2-7-16(20)13-21(30)19-9-6-8-18-17(15-29(23)22(18)19)14-28-11-4-5-12-28/h2-3,6-10,15,21H,4-5,11-14H2,1H3. The topological polar surface area (TPSA) is 48.8 Å². The number of likely N-dealkylation sites (tertiary alicyclic amines) is 1. The van der Waals surface area contributed by atoms with Gasteiger partial charge in [-0.1, -0.05) is 36.4 Å². The van der Waals surface area contributed by atoms with Crippen LogP contribution in [0.15, 0.2) is 54.4 Å². The van der Waals surface area contributed by atoms with E-state index in [0.29, 0.717) is 11.4 Å². The lowest BCUT2D eigenvalue weighted by atomic mass is 9.99. The Balaban J connectivity index is 1.52. The van der Waals surface area contributed by atoms with Crippen LogP contribution in [-0.4, -0.2) is 46.3 Å². The minimum absolute atomic E-state index is 0.000127. The number of likely N-dealkylation sites (N-methyl/N-ethyl adjacent to an activating group) is 1. The zero-order chi connectivity index (χ0) is 21.6. The van der Waals surface area contributed by atoms with E-state index in [1.165, 1.54) is 39.8 Å². The minimum atomic E-state index is -0.227. The Bertz CT molecular complexity index is 1360. The van der Waals surface area contributed by atoms with E-state index in [9.17, 15) is 9.59 Å². The van der Waals surface area contributed by atoms with Crippen molar-refractivity contribution in [2.75, 3.05) is 25.0 Å². The fourth-order valence-electron chi connectivity index (χ4n) is 6.09. The molecule has 160 valence electrons. The molecule has 1 unspecified atom stereocenters. The first-order valence-corrected chi connectivity index (χ1v) is 11.4. The smallest absolute Gasteiger partial charge is 0.279 e. The van der Waals surface area contributed by atoms with Crippen molar-refractivity contribution < 1.29 is 9.59 Å². The molecule has 0 bridgehead atoms. The quantitative estimate of drug-likeness (QED) is 0.591. The van der Waals surface area contributed by atoms with Gasteiger partial charge in [-0.3, -0.25) is 19.4 Å². The molecule has 2 amide bonds. The molecule has 6 nitrogen and oxygen atoms in total. The Morgan fingerprint density at radius 3 is 2.56 bits per heavy atom. The zero-order valence-electron chi connectivity index (χ0n) is 18.0. The third kappa shape index (κ3) is 2.22. The molecule has 6 heteroatoms. The minimum Gasteiger partial charge on any atom is -0.327 e. The van der Waals surface area contributed by atoms with Gasteiger partial charge in [-0.05, 0) is 55.1 Å². The second-order valence-electron chi connectivity index (χ2n) is 9.34. The van der Waals surface area contributed by atoms with Crippen molar-refractivity contribution in [3.05, 3.63) is 71.0 Å². The van der Waals surface area contributed by atoms with E-state index in [-0.39, 0.29) is 17.9 Å². The van der Waals surface area contributed by atoms with E-state index >= 15 is 0 Å². The van der Waals surface area contributed by atoms with E-state index in [1.807, 2.05) is 16.7 Å². The summed E-state index contributed by atoms with van der Waals surface area (Å²) in [6.07, 6.45) is 5.42. The third-order valence-electron chi connectivity index (χ3n) is 7.59. The summed E-state index contributed by atoms with van der Waals surface area (Å²) in [7, 11) is 1.59. The number of imide groups is 1. The van der Waals surface area contributed by atoms with Gasteiger partial charge in [0.25, 0.3) is 11.8 Å². The van der Waals surface area contributed by atoms with Gasteiger partial charge in [-0.15, -0.1) is 0 Å². The van der Waals surface area contributed by atoms with Crippen molar-refractivity contribution in [2.45, 2.75) is 31.8 Å². The number of anilines is 1. The number of fused-ring (bicyclic) bond motifs is 6. The maximum Gasteiger partial charge on any atom is 0.279 e. The summed E-state index contributed by atoms with van der Waals surface area (Å²) in [6.45, 7) is 3.11. The molecule has 1 fully saturated rings. The van der Waals surface area contributed by atoms with Crippen LogP contribution in [-0.2, 0) is 22.6 Å². The fraction of sp³-hybridized carbons (Fsp3) is 0.308. The van der Waals surface area contributed by atoms with Crippen molar-refractivity contribution in [3.63, 3.8) is 0 Å². The molecular formula is C26H24N4O2. The molecule has 7 rings (SSSR count). The second-order valence-corrected chi connectivity index (χ2v) is 9.34. The molecule has 0 radical (unpaired) electrons. The second kappa shape index (κ2) is 6.33. The Morgan fingerprint density at radius 2 is 1.72 bits per heavy atom. The van der Waals surface area contributed by atoms with Crippen LogP contribution < -0.4 is 4.90 Å². The van der Waals surface area contributed by atoms with Gasteiger partial charge in [0.05, 0.1) is 11.6 Å². The maximum atomic E-state index is 13.4. The van der Waals surface area contributed by atoms with Gasteiger partial charge in [0, 0.05) is 30.9 Å². The number of benzene rings is 2. The first kappa shape index (κ1) is 18.2. The molecule has 2 aromatic carbocycles. The maximum absolute atomic E-state index is 13.4. The number of hydrogen-bond donors (Lipinski definition) is 0. The van der Waals surface area contributed by atoms with E-state index in [2.05, 4.69) is 46.3 Å². The monoisotopic (exact) mass is 424 g/mol.